The number of rotatable bonds is 19. The minimum atomic E-state index is -1.08. The van der Waals surface area contributed by atoms with Crippen LogP contribution in [0.2, 0.25) is 0 Å². The molecule has 0 spiro atoms. The Morgan fingerprint density at radius 1 is 0.905 bits per heavy atom. The molecule has 8 bridgehead atoms. The van der Waals surface area contributed by atoms with E-state index in [9.17, 15) is 14.4 Å². The second-order valence-electron chi connectivity index (χ2n) is 19.3. The average Bonchev–Trinajstić information content (AvgIpc) is 4.00. The predicted octanol–water partition coefficient (Wildman–Crippen LogP) is 8.44. The molecule has 7 atom stereocenters. The number of fused-ring (bicyclic) bond motifs is 8. The first-order valence-corrected chi connectivity index (χ1v) is 24.1. The summed E-state index contributed by atoms with van der Waals surface area (Å²) >= 11 is 0. The largest absolute Gasteiger partial charge is 0.468 e. The highest BCUT2D eigenvalue weighted by Gasteiger charge is 2.50. The average molecular weight is 861 g/mol. The van der Waals surface area contributed by atoms with Gasteiger partial charge in [0.05, 0.1) is 12.5 Å². The number of hydrogen-bond acceptors (Lipinski definition) is 6. The molecule has 1 fully saturated rings. The first-order chi connectivity index (χ1) is 30.2. The molecule has 3 aliphatic rings. The third-order valence-electron chi connectivity index (χ3n) is 14.9. The molecule has 0 radical (unpaired) electrons. The van der Waals surface area contributed by atoms with Crippen LogP contribution in [0.3, 0.4) is 0 Å². The molecular formula is C54H76N4O5. The maximum Gasteiger partial charge on any atom is 0.320 e. The molecule has 2 unspecified atom stereocenters. The Labute approximate surface area is 376 Å². The van der Waals surface area contributed by atoms with Crippen molar-refractivity contribution < 1.29 is 23.9 Å². The Bertz CT molecular complexity index is 2440. The van der Waals surface area contributed by atoms with Gasteiger partial charge >= 0.3 is 11.9 Å². The fourth-order valence-corrected chi connectivity index (χ4v) is 10.9. The smallest absolute Gasteiger partial charge is 0.320 e. The number of aromatic nitrogens is 3. The van der Waals surface area contributed by atoms with E-state index in [1.54, 1.807) is 0 Å². The summed E-state index contributed by atoms with van der Waals surface area (Å²) in [4.78, 5) is 52.5. The number of hydrogen-bond donors (Lipinski definition) is 4. The Balaban J connectivity index is 1.22. The second kappa shape index (κ2) is 21.4. The Kier molecular flexibility index (Phi) is 16.2. The molecule has 63 heavy (non-hydrogen) atoms. The molecule has 6 rings (SSSR count). The van der Waals surface area contributed by atoms with Gasteiger partial charge in [0.15, 0.2) is 5.78 Å². The van der Waals surface area contributed by atoms with Gasteiger partial charge in [-0.1, -0.05) is 103 Å². The summed E-state index contributed by atoms with van der Waals surface area (Å²) in [6.45, 7) is 24.1. The molecular weight excluding hydrogens is 785 g/mol. The van der Waals surface area contributed by atoms with Crippen LogP contribution in [0.1, 0.15) is 168 Å². The highest BCUT2D eigenvalue weighted by Crippen LogP contribution is 2.41. The van der Waals surface area contributed by atoms with E-state index < -0.39 is 11.9 Å². The summed E-state index contributed by atoms with van der Waals surface area (Å²) < 4.78 is 11.1. The quantitative estimate of drug-likeness (QED) is 0.0415. The monoisotopic (exact) mass is 861 g/mol. The first kappa shape index (κ1) is 47.8. The van der Waals surface area contributed by atoms with Crippen molar-refractivity contribution in [2.45, 2.75) is 158 Å². The van der Waals surface area contributed by atoms with E-state index in [-0.39, 0.29) is 48.7 Å². The molecule has 5 heterocycles. The standard InChI is InChI=1S/C54H76N4O5/c1-12-15-16-19-31(4)20-17-21-32(5)22-18-23-33(6)26-27-63-47(59)25-24-40-36(9)43-28-41-34(7)38(13-2)45(55-41)29-42-35(8)39(14-3)46(56-42)30-44-37(10)48-52(58-44)49(51(40)57-43)50(53(48)60)54(61)62-11/h13-14,26,29-32,36,40,43,50-51,55-58H,3,12,15-25,27-28H2,1-2,4-11H3/b33-26+,38-13+,44-30-,45-29-/t31-,32-,36+,40+,43?,50-,51?/m1/s1. The maximum absolute atomic E-state index is 14.4. The van der Waals surface area contributed by atoms with Crippen LogP contribution in [-0.2, 0) is 25.5 Å². The molecule has 342 valence electrons. The lowest BCUT2D eigenvalue weighted by atomic mass is 9.79. The van der Waals surface area contributed by atoms with Gasteiger partial charge in [-0.15, -0.1) is 0 Å². The summed E-state index contributed by atoms with van der Waals surface area (Å²) in [6, 6.07) is -0.379. The van der Waals surface area contributed by atoms with E-state index in [4.69, 9.17) is 9.47 Å². The van der Waals surface area contributed by atoms with Gasteiger partial charge in [0.25, 0.3) is 0 Å². The Morgan fingerprint density at radius 2 is 1.60 bits per heavy atom. The minimum Gasteiger partial charge on any atom is -0.468 e. The number of nitrogens with one attached hydrogen (secondary N) is 4. The van der Waals surface area contributed by atoms with E-state index in [1.165, 1.54) is 69.6 Å². The third-order valence-corrected chi connectivity index (χ3v) is 14.9. The van der Waals surface area contributed by atoms with Crippen molar-refractivity contribution in [2.24, 2.45) is 29.6 Å². The fourth-order valence-electron chi connectivity index (χ4n) is 10.9. The minimum absolute atomic E-state index is 0.00974. The second-order valence-corrected chi connectivity index (χ2v) is 19.3. The van der Waals surface area contributed by atoms with E-state index in [0.29, 0.717) is 29.3 Å². The molecule has 1 saturated heterocycles. The van der Waals surface area contributed by atoms with E-state index in [2.05, 4.69) is 100 Å². The van der Waals surface area contributed by atoms with Crippen LogP contribution in [-0.4, -0.2) is 58.5 Å². The Morgan fingerprint density at radius 3 is 2.29 bits per heavy atom. The normalized spacial score (nSPS) is 23.0. The molecule has 3 aromatic rings. The molecule has 9 nitrogen and oxygen atoms in total. The van der Waals surface area contributed by atoms with Gasteiger partial charge in [-0.3, -0.25) is 14.4 Å². The van der Waals surface area contributed by atoms with Crippen molar-refractivity contribution in [3.63, 3.8) is 0 Å². The molecule has 1 aliphatic carbocycles. The molecule has 0 amide bonds. The van der Waals surface area contributed by atoms with Crippen molar-refractivity contribution >= 4 is 47.6 Å². The summed E-state index contributed by atoms with van der Waals surface area (Å²) in [6.07, 6.45) is 24.5. The number of H-pyrrole nitrogens is 3. The van der Waals surface area contributed by atoms with Crippen LogP contribution < -0.4 is 26.6 Å². The van der Waals surface area contributed by atoms with Gasteiger partial charge in [-0.25, -0.2) is 0 Å². The van der Waals surface area contributed by atoms with Crippen LogP contribution in [0.15, 0.2) is 18.2 Å². The number of Topliss-reactive ketones (excluding diaryl/α,β-unsaturated/α-hetero) is 1. The van der Waals surface area contributed by atoms with Gasteiger partial charge in [0.2, 0.25) is 0 Å². The van der Waals surface area contributed by atoms with Crippen molar-refractivity contribution in [3.8, 4) is 0 Å². The molecule has 0 saturated carbocycles. The summed E-state index contributed by atoms with van der Waals surface area (Å²) in [5, 5.41) is 7.57. The number of methoxy groups -OCH3 is 1. The van der Waals surface area contributed by atoms with Crippen LogP contribution in [0, 0.1) is 50.4 Å². The molecule has 3 aromatic heterocycles. The summed E-state index contributed by atoms with van der Waals surface area (Å²) in [7, 11) is 1.34. The number of unbranched alkanes of at least 4 members (excludes halogenated alkanes) is 2. The van der Waals surface area contributed by atoms with Crippen LogP contribution in [0.5, 0.6) is 0 Å². The maximum atomic E-state index is 14.4. The van der Waals surface area contributed by atoms with Crippen molar-refractivity contribution in [2.75, 3.05) is 13.7 Å². The lowest BCUT2D eigenvalue weighted by Crippen LogP contribution is -2.40. The van der Waals surface area contributed by atoms with E-state index in [1.807, 2.05) is 19.1 Å². The number of ether oxygens (including phenoxy) is 2. The van der Waals surface area contributed by atoms with Gasteiger partial charge in [0, 0.05) is 63.8 Å². The van der Waals surface area contributed by atoms with Gasteiger partial charge in [-0.05, 0) is 123 Å². The lowest BCUT2D eigenvalue weighted by Gasteiger charge is -2.25. The highest BCUT2D eigenvalue weighted by atomic mass is 16.5. The van der Waals surface area contributed by atoms with E-state index >= 15 is 0 Å². The van der Waals surface area contributed by atoms with Crippen molar-refractivity contribution in [3.05, 3.63) is 84.4 Å². The van der Waals surface area contributed by atoms with Crippen LogP contribution in [0.25, 0.3) is 29.9 Å². The van der Waals surface area contributed by atoms with Gasteiger partial charge < -0.3 is 29.7 Å². The van der Waals surface area contributed by atoms with Crippen molar-refractivity contribution in [1.29, 1.82) is 0 Å². The third kappa shape index (κ3) is 10.5. The van der Waals surface area contributed by atoms with Crippen molar-refractivity contribution in [1.82, 2.24) is 20.3 Å². The Hall–Kier alpha value is -4.63. The number of allylic oxidation sites excluding steroid dienone is 1. The fraction of sp³-hybridized carbons (Fsp3) is 0.574. The van der Waals surface area contributed by atoms with Crippen LogP contribution in [0.4, 0.5) is 0 Å². The van der Waals surface area contributed by atoms with Gasteiger partial charge in [0.1, 0.15) is 12.5 Å². The number of ketones is 1. The summed E-state index contributed by atoms with van der Waals surface area (Å²) in [5.74, 6) is -0.567. The zero-order valence-electron chi connectivity index (χ0n) is 40.1. The zero-order chi connectivity index (χ0) is 45.5. The topological polar surface area (TPSA) is 129 Å². The number of carbonyl (C=O) groups excluding carboxylic acids is 3. The molecule has 9 heteroatoms. The predicted molar refractivity (Wildman–Crippen MR) is 257 cm³/mol. The molecule has 0 aromatic carbocycles. The number of aromatic amines is 3. The van der Waals surface area contributed by atoms with Gasteiger partial charge in [-0.2, -0.15) is 0 Å². The SMILES string of the molecule is C=Cc1c2[nH]c(c1C)/C=c1\[nH]c(c(C)\c1=C/C)CC1NC(C3=c4[nH]/c(c(C)c4C(=O)[C@@H]3C(=O)OC)=C\2)[C@@H](CCC(=O)OC/C=C(\C)CCC[C@H](C)CCC[C@H](C)CCCCC)[C@@H]1C. The first-order valence-electron chi connectivity index (χ1n) is 24.1. The lowest BCUT2D eigenvalue weighted by molar-refractivity contribution is -0.143. The molecule has 2 aliphatic heterocycles. The molecule has 4 N–H and O–H groups in total. The van der Waals surface area contributed by atoms with Crippen LogP contribution >= 0.6 is 0 Å². The highest BCUT2D eigenvalue weighted by molar-refractivity contribution is 6.19. The number of carbonyl (C=O) groups is 3. The summed E-state index contributed by atoms with van der Waals surface area (Å²) in [5.41, 5.74) is 9.47. The number of esters is 2. The zero-order valence-corrected chi connectivity index (χ0v) is 40.1. The van der Waals surface area contributed by atoms with E-state index in [0.717, 1.165) is 74.4 Å².